The zero-order valence-corrected chi connectivity index (χ0v) is 12.0. The topological polar surface area (TPSA) is 122 Å². The van der Waals surface area contributed by atoms with E-state index in [-0.39, 0.29) is 17.0 Å². The Bertz CT molecular complexity index is 730. The summed E-state index contributed by atoms with van der Waals surface area (Å²) < 4.78 is 7.30. The van der Waals surface area contributed by atoms with Crippen molar-refractivity contribution in [1.29, 1.82) is 0 Å². The molecular weight excluding hydrogens is 321 g/mol. The molecule has 0 bridgehead atoms. The molecule has 2 aromatic rings. The highest BCUT2D eigenvalue weighted by atomic mass is 35.5. The second kappa shape index (κ2) is 5.63. The molecule has 21 heavy (non-hydrogen) atoms. The fourth-order valence-corrected chi connectivity index (χ4v) is 2.73. The first-order chi connectivity index (χ1) is 10.1. The maximum absolute atomic E-state index is 9.28. The molecule has 0 aliphatic carbocycles. The summed E-state index contributed by atoms with van der Waals surface area (Å²) >= 11 is 11.8. The Morgan fingerprint density at radius 2 is 2.33 bits per heavy atom. The molecule has 2 aromatic heterocycles. The van der Waals surface area contributed by atoms with E-state index in [9.17, 15) is 5.11 Å². The van der Waals surface area contributed by atoms with Crippen LogP contribution in [0, 0.1) is 0 Å². The molecule has 0 aromatic carbocycles. The van der Waals surface area contributed by atoms with Gasteiger partial charge < -0.3 is 9.84 Å². The van der Waals surface area contributed by atoms with E-state index in [4.69, 9.17) is 33.5 Å². The average molecular weight is 330 g/mol. The summed E-state index contributed by atoms with van der Waals surface area (Å²) in [5.41, 5.74) is 9.37. The smallest absolute Gasteiger partial charge is 0.225 e. The third-order valence-electron chi connectivity index (χ3n) is 3.25. The van der Waals surface area contributed by atoms with Crippen molar-refractivity contribution in [3.63, 3.8) is 0 Å². The molecule has 0 radical (unpaired) electrons. The summed E-state index contributed by atoms with van der Waals surface area (Å²) in [6.45, 7) is -0.247. The molecular formula is C10H9Cl2N7O2. The van der Waals surface area contributed by atoms with Gasteiger partial charge in [0.1, 0.15) is 11.7 Å². The molecule has 0 saturated carbocycles. The zero-order chi connectivity index (χ0) is 15.0. The lowest BCUT2D eigenvalue weighted by atomic mass is 10.1. The Labute approximate surface area is 128 Å². The SMILES string of the molecule is [N-]=[N+]=N[C@H]1C[C@H](n2cnc3c(Cl)nc(Cl)nc32)O[C@@H]1CO. The van der Waals surface area contributed by atoms with E-state index in [1.165, 1.54) is 6.33 Å². The van der Waals surface area contributed by atoms with Crippen LogP contribution in [0.2, 0.25) is 10.4 Å². The number of aliphatic hydroxyl groups is 1. The van der Waals surface area contributed by atoms with E-state index >= 15 is 0 Å². The molecule has 3 rings (SSSR count). The van der Waals surface area contributed by atoms with Gasteiger partial charge in [-0.1, -0.05) is 16.7 Å². The number of hydrogen-bond acceptors (Lipinski definition) is 6. The van der Waals surface area contributed by atoms with Crippen molar-refractivity contribution in [3.8, 4) is 0 Å². The molecule has 0 spiro atoms. The Balaban J connectivity index is 2.00. The van der Waals surface area contributed by atoms with E-state index in [0.717, 1.165) is 0 Å². The number of aliphatic hydroxyl groups excluding tert-OH is 1. The van der Waals surface area contributed by atoms with Crippen molar-refractivity contribution in [3.05, 3.63) is 27.2 Å². The predicted molar refractivity (Wildman–Crippen MR) is 73.9 cm³/mol. The van der Waals surface area contributed by atoms with Crippen molar-refractivity contribution in [2.24, 2.45) is 5.11 Å². The summed E-state index contributed by atoms with van der Waals surface area (Å²) in [7, 11) is 0. The van der Waals surface area contributed by atoms with Gasteiger partial charge in [-0.25, -0.2) is 9.97 Å². The molecule has 1 aliphatic rings. The number of imidazole rings is 1. The van der Waals surface area contributed by atoms with Crippen molar-refractivity contribution in [1.82, 2.24) is 19.5 Å². The van der Waals surface area contributed by atoms with Crippen LogP contribution >= 0.6 is 23.2 Å². The van der Waals surface area contributed by atoms with Gasteiger partial charge in [0.2, 0.25) is 5.28 Å². The van der Waals surface area contributed by atoms with Gasteiger partial charge in [0.15, 0.2) is 10.8 Å². The Kier molecular flexibility index (Phi) is 3.83. The maximum atomic E-state index is 9.28. The molecule has 11 heteroatoms. The van der Waals surface area contributed by atoms with Gasteiger partial charge in [0.25, 0.3) is 0 Å². The number of hydrogen-bond donors (Lipinski definition) is 1. The van der Waals surface area contributed by atoms with Gasteiger partial charge in [0.05, 0.1) is 25.1 Å². The minimum atomic E-state index is -0.573. The second-order valence-electron chi connectivity index (χ2n) is 4.43. The monoisotopic (exact) mass is 329 g/mol. The summed E-state index contributed by atoms with van der Waals surface area (Å²) in [4.78, 5) is 14.8. The quantitative estimate of drug-likeness (QED) is 0.303. The number of nitrogens with zero attached hydrogens (tertiary/aromatic N) is 7. The van der Waals surface area contributed by atoms with Crippen molar-refractivity contribution >= 4 is 34.4 Å². The summed E-state index contributed by atoms with van der Waals surface area (Å²) in [6.07, 6.45) is 0.833. The molecule has 1 N–H and O–H groups in total. The molecule has 0 unspecified atom stereocenters. The number of aromatic nitrogens is 4. The third kappa shape index (κ3) is 2.50. The Morgan fingerprint density at radius 3 is 3.05 bits per heavy atom. The summed E-state index contributed by atoms with van der Waals surface area (Å²) in [5.74, 6) is 0. The highest BCUT2D eigenvalue weighted by Gasteiger charge is 2.36. The molecule has 1 aliphatic heterocycles. The molecule has 3 heterocycles. The van der Waals surface area contributed by atoms with Gasteiger partial charge in [-0.3, -0.25) is 4.57 Å². The molecule has 110 valence electrons. The van der Waals surface area contributed by atoms with Gasteiger partial charge in [0, 0.05) is 11.3 Å². The van der Waals surface area contributed by atoms with Gasteiger partial charge >= 0.3 is 0 Å². The molecule has 0 amide bonds. The average Bonchev–Trinajstić information content (AvgIpc) is 3.02. The molecule has 3 atom stereocenters. The number of halogens is 2. The molecule has 9 nitrogen and oxygen atoms in total. The standard InChI is InChI=1S/C10H9Cl2N7O2/c11-8-7-9(16-10(12)15-8)19(3-14-7)6-1-4(17-18-13)5(2-20)21-6/h3-6,20H,1-2H2/t4-,5+,6+/m0/s1. The van der Waals surface area contributed by atoms with Crippen LogP contribution in [0.25, 0.3) is 21.6 Å². The van der Waals surface area contributed by atoms with Gasteiger partial charge in [-0.15, -0.1) is 0 Å². The van der Waals surface area contributed by atoms with Gasteiger partial charge in [-0.05, 0) is 17.1 Å². The van der Waals surface area contributed by atoms with Crippen LogP contribution in [0.5, 0.6) is 0 Å². The van der Waals surface area contributed by atoms with E-state index in [2.05, 4.69) is 25.0 Å². The number of azide groups is 1. The largest absolute Gasteiger partial charge is 0.394 e. The highest BCUT2D eigenvalue weighted by molar-refractivity contribution is 6.35. The van der Waals surface area contributed by atoms with E-state index in [1.807, 2.05) is 0 Å². The van der Waals surface area contributed by atoms with Gasteiger partial charge in [-0.2, -0.15) is 4.98 Å². The fourth-order valence-electron chi connectivity index (χ4n) is 2.31. The first-order valence-corrected chi connectivity index (χ1v) is 6.75. The van der Waals surface area contributed by atoms with E-state index in [0.29, 0.717) is 17.6 Å². The van der Waals surface area contributed by atoms with Crippen LogP contribution in [0.1, 0.15) is 12.6 Å². The van der Waals surface area contributed by atoms with Crippen LogP contribution in [0.3, 0.4) is 0 Å². The molecule has 1 saturated heterocycles. The highest BCUT2D eigenvalue weighted by Crippen LogP contribution is 2.33. The number of rotatable bonds is 3. The van der Waals surface area contributed by atoms with Crippen LogP contribution in [0.15, 0.2) is 11.4 Å². The zero-order valence-electron chi connectivity index (χ0n) is 10.5. The van der Waals surface area contributed by atoms with Crippen molar-refractivity contribution in [2.45, 2.75) is 24.8 Å². The first kappa shape index (κ1) is 14.3. The van der Waals surface area contributed by atoms with E-state index < -0.39 is 18.4 Å². The lowest BCUT2D eigenvalue weighted by molar-refractivity contribution is -0.0233. The minimum absolute atomic E-state index is 0.00227. The number of ether oxygens (including phenoxy) is 1. The predicted octanol–water partition coefficient (Wildman–Crippen LogP) is 2.09. The Hall–Kier alpha value is -1.64. The van der Waals surface area contributed by atoms with Crippen molar-refractivity contribution in [2.75, 3.05) is 6.61 Å². The summed E-state index contributed by atoms with van der Waals surface area (Å²) in [5, 5.41) is 13.1. The molecule has 1 fully saturated rings. The van der Waals surface area contributed by atoms with Crippen LogP contribution in [-0.2, 0) is 4.74 Å². The maximum Gasteiger partial charge on any atom is 0.225 e. The van der Waals surface area contributed by atoms with Crippen molar-refractivity contribution < 1.29 is 9.84 Å². The third-order valence-corrected chi connectivity index (χ3v) is 3.68. The van der Waals surface area contributed by atoms with E-state index in [1.54, 1.807) is 4.57 Å². The summed E-state index contributed by atoms with van der Waals surface area (Å²) in [6, 6.07) is -0.463. The Morgan fingerprint density at radius 1 is 1.52 bits per heavy atom. The minimum Gasteiger partial charge on any atom is -0.394 e. The first-order valence-electron chi connectivity index (χ1n) is 6.00. The second-order valence-corrected chi connectivity index (χ2v) is 5.12. The lowest BCUT2D eigenvalue weighted by Crippen LogP contribution is -2.22. The van der Waals surface area contributed by atoms with Crippen LogP contribution < -0.4 is 0 Å². The van der Waals surface area contributed by atoms with Crippen LogP contribution in [0.4, 0.5) is 0 Å². The normalized spacial score (nSPS) is 25.2. The number of fused-ring (bicyclic) bond motifs is 1. The van der Waals surface area contributed by atoms with Crippen LogP contribution in [-0.4, -0.2) is 43.4 Å². The fraction of sp³-hybridized carbons (Fsp3) is 0.500. The lowest BCUT2D eigenvalue weighted by Gasteiger charge is -2.13.